The number of hydrogen-bond acceptors (Lipinski definition) is 9. The Hall–Kier alpha value is -2.71. The van der Waals surface area contributed by atoms with Crippen LogP contribution in [0.2, 0.25) is 0 Å². The standard InChI is InChI=1S/C22H25BrN6O5S/c1-13(14-3-2-4-16(23)7-14)29-6-5-19(28-29)21(31)18-10-25-12-26-22(18)27-17-8-15(20(30)9-17)11-34-35(24,32)33/h2-7,10,12-13,15,17,20,30H,8-9,11H2,1H3,(H2,24,32,33)(H,25,26,27)/t13-,15-,17-,20+/m1/s1. The van der Waals surface area contributed by atoms with Crippen molar-refractivity contribution < 1.29 is 22.5 Å². The second kappa shape index (κ2) is 10.5. The first-order valence-electron chi connectivity index (χ1n) is 10.9. The van der Waals surface area contributed by atoms with E-state index >= 15 is 0 Å². The molecule has 0 saturated heterocycles. The number of aliphatic hydroxyl groups excluding tert-OH is 1. The van der Waals surface area contributed by atoms with Crippen LogP contribution in [0.3, 0.4) is 0 Å². The molecule has 35 heavy (non-hydrogen) atoms. The van der Waals surface area contributed by atoms with E-state index in [-0.39, 0.29) is 35.7 Å². The molecule has 11 nitrogen and oxygen atoms in total. The lowest BCUT2D eigenvalue weighted by Crippen LogP contribution is -2.24. The maximum atomic E-state index is 13.3. The van der Waals surface area contributed by atoms with Gasteiger partial charge in [0.2, 0.25) is 5.78 Å². The normalized spacial score (nSPS) is 21.1. The Bertz CT molecular complexity index is 1320. The number of anilines is 1. The molecule has 1 aromatic carbocycles. The highest BCUT2D eigenvalue weighted by Crippen LogP contribution is 2.30. The molecule has 0 unspecified atom stereocenters. The van der Waals surface area contributed by atoms with E-state index in [0.717, 1.165) is 10.0 Å². The van der Waals surface area contributed by atoms with E-state index in [1.807, 2.05) is 31.2 Å². The van der Waals surface area contributed by atoms with Crippen molar-refractivity contribution in [2.75, 3.05) is 11.9 Å². The third-order valence-electron chi connectivity index (χ3n) is 5.97. The smallest absolute Gasteiger partial charge is 0.333 e. The van der Waals surface area contributed by atoms with Gasteiger partial charge in [0.05, 0.1) is 24.3 Å². The summed E-state index contributed by atoms with van der Waals surface area (Å²) in [7, 11) is -4.09. The average Bonchev–Trinajstić information content (AvgIpc) is 3.43. The summed E-state index contributed by atoms with van der Waals surface area (Å²) >= 11 is 3.47. The molecule has 0 bridgehead atoms. The number of halogens is 1. The van der Waals surface area contributed by atoms with Gasteiger partial charge in [0.25, 0.3) is 0 Å². The predicted molar refractivity (Wildman–Crippen MR) is 131 cm³/mol. The van der Waals surface area contributed by atoms with Crippen LogP contribution in [-0.4, -0.2) is 57.8 Å². The summed E-state index contributed by atoms with van der Waals surface area (Å²) in [5, 5.41) is 22.8. The minimum Gasteiger partial charge on any atom is -0.393 e. The summed E-state index contributed by atoms with van der Waals surface area (Å²) in [4.78, 5) is 21.5. The van der Waals surface area contributed by atoms with E-state index in [1.165, 1.54) is 12.5 Å². The molecule has 4 atom stereocenters. The van der Waals surface area contributed by atoms with Crippen molar-refractivity contribution >= 4 is 37.8 Å². The number of hydrogen-bond donors (Lipinski definition) is 3. The van der Waals surface area contributed by atoms with E-state index in [1.54, 1.807) is 16.9 Å². The highest BCUT2D eigenvalue weighted by atomic mass is 79.9. The number of nitrogens with zero attached hydrogens (tertiary/aromatic N) is 4. The van der Waals surface area contributed by atoms with Crippen molar-refractivity contribution in [3.05, 3.63) is 70.3 Å². The number of benzene rings is 1. The Labute approximate surface area is 211 Å². The lowest BCUT2D eigenvalue weighted by molar-refractivity contribution is 0.101. The Morgan fingerprint density at radius 1 is 1.37 bits per heavy atom. The second-order valence-electron chi connectivity index (χ2n) is 8.44. The molecule has 4 N–H and O–H groups in total. The fraction of sp³-hybridized carbons (Fsp3) is 0.364. The van der Waals surface area contributed by atoms with E-state index in [2.05, 4.69) is 40.5 Å². The third kappa shape index (κ3) is 6.30. The summed E-state index contributed by atoms with van der Waals surface area (Å²) in [5.41, 5.74) is 1.52. The summed E-state index contributed by atoms with van der Waals surface area (Å²) in [6.07, 6.45) is 4.44. The minimum atomic E-state index is -4.09. The first-order chi connectivity index (χ1) is 16.6. The lowest BCUT2D eigenvalue weighted by atomic mass is 10.1. The van der Waals surface area contributed by atoms with Gasteiger partial charge in [-0.25, -0.2) is 15.1 Å². The van der Waals surface area contributed by atoms with Crippen molar-refractivity contribution in [1.29, 1.82) is 0 Å². The Morgan fingerprint density at radius 2 is 2.17 bits per heavy atom. The molecule has 2 aromatic heterocycles. The zero-order valence-corrected chi connectivity index (χ0v) is 21.2. The van der Waals surface area contributed by atoms with Gasteiger partial charge < -0.3 is 10.4 Å². The number of carbonyl (C=O) groups excluding carboxylic acids is 1. The van der Waals surface area contributed by atoms with Gasteiger partial charge in [-0.05, 0) is 43.5 Å². The first-order valence-corrected chi connectivity index (χ1v) is 13.1. The fourth-order valence-electron chi connectivity index (χ4n) is 4.12. The molecule has 0 amide bonds. The summed E-state index contributed by atoms with van der Waals surface area (Å²) in [6, 6.07) is 9.17. The predicted octanol–water partition coefficient (Wildman–Crippen LogP) is 2.05. The molecule has 0 aliphatic heterocycles. The van der Waals surface area contributed by atoms with Crippen molar-refractivity contribution in [3.63, 3.8) is 0 Å². The van der Waals surface area contributed by atoms with Crippen molar-refractivity contribution in [1.82, 2.24) is 19.7 Å². The van der Waals surface area contributed by atoms with Gasteiger partial charge >= 0.3 is 10.3 Å². The summed E-state index contributed by atoms with van der Waals surface area (Å²) in [6.45, 7) is 1.77. The van der Waals surface area contributed by atoms with Crippen LogP contribution in [0.25, 0.3) is 0 Å². The highest BCUT2D eigenvalue weighted by Gasteiger charge is 2.35. The van der Waals surface area contributed by atoms with Gasteiger partial charge in [-0.1, -0.05) is 28.1 Å². The Balaban J connectivity index is 1.47. The quantitative estimate of drug-likeness (QED) is 0.330. The van der Waals surface area contributed by atoms with Gasteiger partial charge in [0.15, 0.2) is 0 Å². The number of nitrogens with two attached hydrogens (primary N) is 1. The second-order valence-corrected chi connectivity index (χ2v) is 10.6. The number of ketones is 1. The number of carbonyl (C=O) groups is 1. The molecule has 1 saturated carbocycles. The number of rotatable bonds is 9. The van der Waals surface area contributed by atoms with Gasteiger partial charge in [-0.15, -0.1) is 0 Å². The minimum absolute atomic E-state index is 0.0878. The molecule has 3 aromatic rings. The molecule has 0 radical (unpaired) electrons. The van der Waals surface area contributed by atoms with Crippen molar-refractivity contribution in [3.8, 4) is 0 Å². The number of aromatic nitrogens is 4. The fourth-order valence-corrected chi connectivity index (χ4v) is 4.90. The van der Waals surface area contributed by atoms with Crippen LogP contribution in [-0.2, 0) is 14.5 Å². The molecule has 0 spiro atoms. The van der Waals surface area contributed by atoms with Gasteiger partial charge in [-0.3, -0.25) is 13.7 Å². The monoisotopic (exact) mass is 564 g/mol. The SMILES string of the molecule is C[C@H](c1cccc(Br)c1)n1ccc(C(=O)c2cncnc2N[C@@H]2C[C@H](COS(N)(=O)=O)[C@@H](O)C2)n1. The summed E-state index contributed by atoms with van der Waals surface area (Å²) in [5.74, 6) is -0.465. The Morgan fingerprint density at radius 3 is 2.91 bits per heavy atom. The van der Waals surface area contributed by atoms with E-state index in [4.69, 9.17) is 5.14 Å². The largest absolute Gasteiger partial charge is 0.393 e. The molecular weight excluding hydrogens is 540 g/mol. The molecule has 4 rings (SSSR count). The average molecular weight is 565 g/mol. The maximum absolute atomic E-state index is 13.3. The number of aliphatic hydroxyl groups is 1. The van der Waals surface area contributed by atoms with Crippen LogP contribution < -0.4 is 10.5 Å². The van der Waals surface area contributed by atoms with Crippen molar-refractivity contribution in [2.45, 2.75) is 38.0 Å². The third-order valence-corrected chi connectivity index (χ3v) is 6.93. The van der Waals surface area contributed by atoms with Gasteiger partial charge in [0.1, 0.15) is 17.8 Å². The van der Waals surface area contributed by atoms with Gasteiger partial charge in [-0.2, -0.15) is 13.5 Å². The Kier molecular flexibility index (Phi) is 7.62. The van der Waals surface area contributed by atoms with E-state index in [9.17, 15) is 18.3 Å². The van der Waals surface area contributed by atoms with Crippen LogP contribution in [0, 0.1) is 5.92 Å². The maximum Gasteiger partial charge on any atom is 0.333 e. The number of nitrogens with one attached hydrogen (secondary N) is 1. The lowest BCUT2D eigenvalue weighted by Gasteiger charge is -2.15. The molecule has 1 aliphatic rings. The molecular formula is C22H25BrN6O5S. The van der Waals surface area contributed by atoms with E-state index in [0.29, 0.717) is 18.7 Å². The van der Waals surface area contributed by atoms with Crippen LogP contribution in [0.5, 0.6) is 0 Å². The van der Waals surface area contributed by atoms with Crippen LogP contribution >= 0.6 is 15.9 Å². The summed E-state index contributed by atoms with van der Waals surface area (Å²) < 4.78 is 29.4. The van der Waals surface area contributed by atoms with Crippen LogP contribution in [0.1, 0.15) is 47.4 Å². The topological polar surface area (TPSA) is 162 Å². The van der Waals surface area contributed by atoms with Crippen LogP contribution in [0.4, 0.5) is 5.82 Å². The molecule has 186 valence electrons. The molecule has 13 heteroatoms. The van der Waals surface area contributed by atoms with E-state index < -0.39 is 22.3 Å². The van der Waals surface area contributed by atoms with Crippen LogP contribution in [0.15, 0.2) is 53.5 Å². The highest BCUT2D eigenvalue weighted by molar-refractivity contribution is 9.10. The molecule has 1 aliphatic carbocycles. The van der Waals surface area contributed by atoms with Crippen molar-refractivity contribution in [2.24, 2.45) is 11.1 Å². The molecule has 1 fully saturated rings. The van der Waals surface area contributed by atoms with Gasteiger partial charge in [0, 0.05) is 28.8 Å². The first kappa shape index (κ1) is 25.4. The zero-order valence-electron chi connectivity index (χ0n) is 18.8. The zero-order chi connectivity index (χ0) is 25.2. The molecule has 2 heterocycles.